The van der Waals surface area contributed by atoms with E-state index in [2.05, 4.69) is 73.5 Å². The summed E-state index contributed by atoms with van der Waals surface area (Å²) in [6.45, 7) is 8.01. The van der Waals surface area contributed by atoms with Crippen molar-refractivity contribution in [1.82, 2.24) is 78.1 Å². The van der Waals surface area contributed by atoms with Crippen LogP contribution in [0.2, 0.25) is 0 Å². The van der Waals surface area contributed by atoms with Crippen LogP contribution in [0.15, 0.2) is 73.8 Å². The number of pyridine rings is 4. The lowest BCUT2D eigenvalue weighted by molar-refractivity contribution is 0.128. The van der Waals surface area contributed by atoms with Crippen molar-refractivity contribution in [3.8, 4) is 46.3 Å². The van der Waals surface area contributed by atoms with E-state index in [1.54, 1.807) is 58.7 Å². The summed E-state index contributed by atoms with van der Waals surface area (Å²) in [5, 5.41) is 52.1. The maximum absolute atomic E-state index is 14.9. The first-order valence-corrected chi connectivity index (χ1v) is 27.0. The Morgan fingerprint density at radius 3 is 1.36 bits per heavy atom. The van der Waals surface area contributed by atoms with Crippen LogP contribution in [0.1, 0.15) is 63.7 Å². The van der Waals surface area contributed by atoms with Crippen LogP contribution in [-0.4, -0.2) is 158 Å². The maximum atomic E-state index is 14.9. The predicted octanol–water partition coefficient (Wildman–Crippen LogP) is 4.62. The highest BCUT2D eigenvalue weighted by atomic mass is 32.2. The van der Waals surface area contributed by atoms with Crippen molar-refractivity contribution in [2.45, 2.75) is 77.0 Å². The number of rotatable bonds is 12. The van der Waals surface area contributed by atoms with Gasteiger partial charge in [0.1, 0.15) is 35.9 Å². The van der Waals surface area contributed by atoms with Gasteiger partial charge in [0.25, 0.3) is 0 Å². The molecule has 0 aromatic carbocycles. The number of fused-ring (bicyclic) bond motifs is 2. The lowest BCUT2D eigenvalue weighted by Crippen LogP contribution is -2.45. The minimum Gasteiger partial charge on any atom is -0.382 e. The normalized spacial score (nSPS) is 18.8. The van der Waals surface area contributed by atoms with E-state index in [-0.39, 0.29) is 51.1 Å². The Kier molecular flexibility index (Phi) is 14.2. The molecule has 8 aromatic rings. The van der Waals surface area contributed by atoms with Gasteiger partial charge in [0, 0.05) is 108 Å². The third-order valence-corrected chi connectivity index (χ3v) is 14.8. The van der Waals surface area contributed by atoms with Gasteiger partial charge in [-0.25, -0.2) is 54.9 Å². The van der Waals surface area contributed by atoms with Gasteiger partial charge in [-0.3, -0.25) is 0 Å². The van der Waals surface area contributed by atoms with E-state index < -0.39 is 44.5 Å². The summed E-state index contributed by atoms with van der Waals surface area (Å²) in [5.41, 5.74) is 5.82. The third-order valence-electron chi connectivity index (χ3n) is 12.3. The molecule has 2 aliphatic rings. The fourth-order valence-electron chi connectivity index (χ4n) is 8.74. The number of nitrogens with zero attached hydrogens (tertiary/aromatic N) is 18. The Bertz CT molecular complexity index is 3450. The summed E-state index contributed by atoms with van der Waals surface area (Å²) in [6, 6.07) is 10.1. The molecule has 74 heavy (non-hydrogen) atoms. The van der Waals surface area contributed by atoms with E-state index in [4.69, 9.17) is 10.5 Å². The van der Waals surface area contributed by atoms with Gasteiger partial charge in [-0.15, -0.1) is 10.2 Å². The summed E-state index contributed by atoms with van der Waals surface area (Å²) in [5.74, 6) is 1.03. The number of halogens is 2. The Hall–Kier alpha value is -7.92. The van der Waals surface area contributed by atoms with Crippen LogP contribution in [0.3, 0.4) is 0 Å². The number of nitrogens with one attached hydrogen (secondary N) is 2. The van der Waals surface area contributed by atoms with E-state index in [1.165, 1.54) is 21.8 Å². The fourth-order valence-corrected chi connectivity index (χ4v) is 10.4. The van der Waals surface area contributed by atoms with Crippen LogP contribution in [-0.2, 0) is 20.0 Å². The van der Waals surface area contributed by atoms with Gasteiger partial charge >= 0.3 is 0 Å². The molecule has 2 fully saturated rings. The fraction of sp³-hybridized carbons (Fsp3) is 0.391. The van der Waals surface area contributed by atoms with Gasteiger partial charge in [0.15, 0.2) is 22.9 Å². The average Bonchev–Trinajstić information content (AvgIpc) is 4.20. The quantitative estimate of drug-likeness (QED) is 0.169. The average molecular weight is 1050 g/mol. The number of hydrogen-bond donors (Lipinski definition) is 2. The van der Waals surface area contributed by atoms with E-state index in [1.807, 2.05) is 39.8 Å². The van der Waals surface area contributed by atoms with E-state index >= 15 is 0 Å². The predicted molar refractivity (Wildman–Crippen MR) is 268 cm³/mol. The first kappa shape index (κ1) is 51.0. The second-order valence-electron chi connectivity index (χ2n) is 18.5. The van der Waals surface area contributed by atoms with Gasteiger partial charge < -0.3 is 10.6 Å². The molecule has 4 atom stereocenters. The van der Waals surface area contributed by atoms with Crippen molar-refractivity contribution in [3.05, 3.63) is 85.0 Å². The molecule has 0 saturated carbocycles. The highest BCUT2D eigenvalue weighted by molar-refractivity contribution is 7.88. The number of hydrogen-bond acceptors (Lipinski definition) is 18. The molecule has 0 spiro atoms. The van der Waals surface area contributed by atoms with Crippen molar-refractivity contribution in [3.63, 3.8) is 0 Å². The Morgan fingerprint density at radius 1 is 0.608 bits per heavy atom. The van der Waals surface area contributed by atoms with Crippen LogP contribution < -0.4 is 10.6 Å². The number of aromatic nitrogens is 14. The zero-order chi connectivity index (χ0) is 52.6. The second kappa shape index (κ2) is 20.5. The molecule has 0 unspecified atom stereocenters. The van der Waals surface area contributed by atoms with Crippen LogP contribution in [0, 0.1) is 22.7 Å². The van der Waals surface area contributed by atoms with Gasteiger partial charge in [-0.2, -0.15) is 38.7 Å². The van der Waals surface area contributed by atoms with Gasteiger partial charge in [-0.05, 0) is 52.7 Å². The smallest absolute Gasteiger partial charge is 0.211 e. The molecule has 2 N–H and O–H groups in total. The summed E-state index contributed by atoms with van der Waals surface area (Å²) in [6.07, 6.45) is 12.8. The minimum absolute atomic E-state index is 0.0882. The SMILES string of the molecule is CC(C)Nc1cc(-n2ncc3cc(C#N)cnc32)ncc1-c1cn([C@@H]2CCN(S(C)(=O)=O)C[C@@H]2F)nn1.CC(C)Nc1cc(-n2ncc3cc(C#N)cnc32)ncc1-c1cn([C@@H]2CCN(S(C)(=O)=O)C[C@@H]2F)nn1. The first-order valence-electron chi connectivity index (χ1n) is 23.3. The van der Waals surface area contributed by atoms with Crippen molar-refractivity contribution >= 4 is 53.5 Å². The maximum Gasteiger partial charge on any atom is 0.211 e. The Morgan fingerprint density at radius 2 is 1.01 bits per heavy atom. The summed E-state index contributed by atoms with van der Waals surface area (Å²) < 4.78 is 85.4. The Balaban J connectivity index is 0.000000182. The lowest BCUT2D eigenvalue weighted by Gasteiger charge is -2.32. The zero-order valence-electron chi connectivity index (χ0n) is 40.9. The van der Waals surface area contributed by atoms with Crippen molar-refractivity contribution in [2.75, 3.05) is 49.3 Å². The molecule has 28 heteroatoms. The van der Waals surface area contributed by atoms with E-state index in [0.717, 1.165) is 32.5 Å². The zero-order valence-corrected chi connectivity index (χ0v) is 42.5. The molecule has 384 valence electrons. The molecular weight excluding hydrogens is 999 g/mol. The molecule has 24 nitrogen and oxygen atoms in total. The summed E-state index contributed by atoms with van der Waals surface area (Å²) in [4.78, 5) is 17.8. The van der Waals surface area contributed by atoms with Gasteiger partial charge in [-0.1, -0.05) is 10.4 Å². The van der Waals surface area contributed by atoms with Crippen molar-refractivity contribution < 1.29 is 25.6 Å². The largest absolute Gasteiger partial charge is 0.382 e. The topological polar surface area (TPSA) is 295 Å². The van der Waals surface area contributed by atoms with Crippen molar-refractivity contribution in [1.29, 1.82) is 10.5 Å². The molecule has 10 rings (SSSR count). The van der Waals surface area contributed by atoms with E-state index in [0.29, 0.717) is 67.3 Å². The molecular formula is C46H50F2N20O4S2. The van der Waals surface area contributed by atoms with Crippen LogP contribution in [0.25, 0.3) is 56.2 Å². The van der Waals surface area contributed by atoms with Crippen LogP contribution >= 0.6 is 0 Å². The summed E-state index contributed by atoms with van der Waals surface area (Å²) in [7, 11) is -6.91. The van der Waals surface area contributed by atoms with E-state index in [9.17, 15) is 25.6 Å². The first-order chi connectivity index (χ1) is 35.3. The van der Waals surface area contributed by atoms with Gasteiger partial charge in [0.05, 0.1) is 60.5 Å². The molecule has 10 heterocycles. The third kappa shape index (κ3) is 10.7. The van der Waals surface area contributed by atoms with Gasteiger partial charge in [0.2, 0.25) is 20.0 Å². The summed E-state index contributed by atoms with van der Waals surface area (Å²) >= 11 is 0. The standard InChI is InChI=1S/2C23H25FN10O2S/c2*1-14(2)29-19-7-22(34-23-16(10-28-34)6-15(8-25)9-27-23)26-11-17(19)20-13-33(31-30-20)21-4-5-32(12-18(21)24)37(3,35)36/h2*6-7,9-11,13-14,18,21H,4-5,12H2,1-3H3,(H,26,29)/t2*18-,21+/m00/s1. The molecule has 0 radical (unpaired) electrons. The van der Waals surface area contributed by atoms with Crippen molar-refractivity contribution in [2.24, 2.45) is 0 Å². The lowest BCUT2D eigenvalue weighted by atomic mass is 10.1. The number of nitriles is 2. The highest BCUT2D eigenvalue weighted by Crippen LogP contribution is 2.34. The number of piperidine rings is 2. The van der Waals surface area contributed by atoms with Crippen LogP contribution in [0.5, 0.6) is 0 Å². The molecule has 2 aliphatic heterocycles. The molecule has 0 amide bonds. The second-order valence-corrected chi connectivity index (χ2v) is 22.5. The molecule has 0 aliphatic carbocycles. The number of anilines is 2. The molecule has 8 aromatic heterocycles. The number of alkyl halides is 2. The minimum atomic E-state index is -3.45. The highest BCUT2D eigenvalue weighted by Gasteiger charge is 2.36. The monoisotopic (exact) mass is 1050 g/mol. The molecule has 0 bridgehead atoms. The molecule has 2 saturated heterocycles. The number of sulfonamides is 2. The Labute approximate surface area is 423 Å². The van der Waals surface area contributed by atoms with Crippen LogP contribution in [0.4, 0.5) is 20.2 Å².